The molecule has 0 amide bonds. The largest absolute Gasteiger partial charge is 0.372 e. The molecule has 2 rings (SSSR count). The van der Waals surface area contributed by atoms with Crippen molar-refractivity contribution >= 4 is 27.4 Å². The quantitative estimate of drug-likeness (QED) is 0.870. The number of halogens is 1. The van der Waals surface area contributed by atoms with Crippen LogP contribution in [-0.4, -0.2) is 27.0 Å². The van der Waals surface area contributed by atoms with Gasteiger partial charge in [-0.05, 0) is 30.7 Å². The Kier molecular flexibility index (Phi) is 5.46. The first-order chi connectivity index (χ1) is 9.92. The van der Waals surface area contributed by atoms with Crippen LogP contribution in [0.3, 0.4) is 0 Å². The van der Waals surface area contributed by atoms with Crippen molar-refractivity contribution < 1.29 is 8.42 Å². The van der Waals surface area contributed by atoms with Gasteiger partial charge in [0, 0.05) is 19.8 Å². The van der Waals surface area contributed by atoms with E-state index in [0.717, 1.165) is 12.8 Å². The van der Waals surface area contributed by atoms with Gasteiger partial charge in [0.2, 0.25) is 10.0 Å². The third-order valence-electron chi connectivity index (χ3n) is 3.97. The number of hydrogen-bond acceptors (Lipinski definition) is 4. The molecule has 2 N–H and O–H groups in total. The smallest absolute Gasteiger partial charge is 0.242 e. The van der Waals surface area contributed by atoms with Gasteiger partial charge in [-0.25, -0.2) is 18.1 Å². The Balaban J connectivity index is 2.02. The molecule has 1 fully saturated rings. The highest BCUT2D eigenvalue weighted by molar-refractivity contribution is 7.89. The Hall–Kier alpha value is -0.850. The fourth-order valence-electron chi connectivity index (χ4n) is 2.81. The van der Waals surface area contributed by atoms with Gasteiger partial charge < -0.3 is 5.32 Å². The number of sulfonamides is 1. The van der Waals surface area contributed by atoms with Crippen LogP contribution in [0.1, 0.15) is 32.6 Å². The number of rotatable bonds is 5. The van der Waals surface area contributed by atoms with Gasteiger partial charge in [0.05, 0.1) is 5.02 Å². The van der Waals surface area contributed by atoms with Gasteiger partial charge in [0.25, 0.3) is 0 Å². The number of nitrogens with zero attached hydrogens (tertiary/aromatic N) is 1. The molecule has 2 atom stereocenters. The molecule has 0 saturated heterocycles. The minimum absolute atomic E-state index is 0.107. The van der Waals surface area contributed by atoms with Crippen molar-refractivity contribution in [3.8, 4) is 0 Å². The minimum Gasteiger partial charge on any atom is -0.372 e. The third kappa shape index (κ3) is 4.31. The molecule has 1 aromatic heterocycles. The lowest BCUT2D eigenvalue weighted by Gasteiger charge is -2.26. The van der Waals surface area contributed by atoms with Crippen LogP contribution in [0, 0.1) is 11.8 Å². The molecule has 1 heterocycles. The normalized spacial score (nSPS) is 23.0. The third-order valence-corrected chi connectivity index (χ3v) is 5.65. The monoisotopic (exact) mass is 331 g/mol. The molecule has 1 aromatic rings. The first kappa shape index (κ1) is 16.5. The van der Waals surface area contributed by atoms with E-state index >= 15 is 0 Å². The molecule has 1 aliphatic carbocycles. The zero-order valence-corrected chi connectivity index (χ0v) is 14.0. The van der Waals surface area contributed by atoms with Crippen LogP contribution >= 0.6 is 11.6 Å². The Bertz CT molecular complexity index is 592. The van der Waals surface area contributed by atoms with Crippen molar-refractivity contribution in [2.24, 2.45) is 11.8 Å². The van der Waals surface area contributed by atoms with Crippen LogP contribution in [0.2, 0.25) is 5.02 Å². The first-order valence-electron chi connectivity index (χ1n) is 7.25. The summed E-state index contributed by atoms with van der Waals surface area (Å²) < 4.78 is 27.2. The summed E-state index contributed by atoms with van der Waals surface area (Å²) >= 11 is 5.99. The molecule has 0 aromatic carbocycles. The summed E-state index contributed by atoms with van der Waals surface area (Å²) in [6, 6.07) is 1.42. The van der Waals surface area contributed by atoms with Crippen LogP contribution in [0.4, 0.5) is 5.82 Å². The lowest BCUT2D eigenvalue weighted by molar-refractivity contribution is 0.283. The fraction of sp³-hybridized carbons (Fsp3) is 0.643. The van der Waals surface area contributed by atoms with Crippen LogP contribution in [0.25, 0.3) is 0 Å². The van der Waals surface area contributed by atoms with E-state index in [0.29, 0.717) is 29.2 Å². The number of pyridine rings is 1. The zero-order chi connectivity index (χ0) is 15.5. The Morgan fingerprint density at radius 2 is 2.19 bits per heavy atom. The molecule has 21 heavy (non-hydrogen) atoms. The van der Waals surface area contributed by atoms with Crippen molar-refractivity contribution in [1.29, 1.82) is 0 Å². The topological polar surface area (TPSA) is 71.1 Å². The van der Waals surface area contributed by atoms with Crippen molar-refractivity contribution in [1.82, 2.24) is 9.71 Å². The SMILES string of the molecule is CNc1ncc(S(=O)(=O)NCC2CCCC(C)C2)cc1Cl. The molecule has 118 valence electrons. The predicted molar refractivity (Wildman–Crippen MR) is 85.1 cm³/mol. The van der Waals surface area contributed by atoms with E-state index in [-0.39, 0.29) is 4.90 Å². The Labute approximate surface area is 131 Å². The van der Waals surface area contributed by atoms with Crippen molar-refractivity contribution in [2.75, 3.05) is 18.9 Å². The highest BCUT2D eigenvalue weighted by Crippen LogP contribution is 2.28. The summed E-state index contributed by atoms with van der Waals surface area (Å²) in [5, 5.41) is 3.10. The van der Waals surface area contributed by atoms with Crippen LogP contribution < -0.4 is 10.0 Å². The maximum atomic E-state index is 12.3. The maximum absolute atomic E-state index is 12.3. The minimum atomic E-state index is -3.55. The number of hydrogen-bond donors (Lipinski definition) is 2. The standard InChI is InChI=1S/C14H22ClN3O2S/c1-10-4-3-5-11(6-10)8-18-21(19,20)12-7-13(15)14(16-2)17-9-12/h7,9-11,18H,3-6,8H2,1-2H3,(H,16,17). The van der Waals surface area contributed by atoms with Gasteiger partial charge in [0.1, 0.15) is 10.7 Å². The molecule has 0 bridgehead atoms. The molecule has 0 radical (unpaired) electrons. The van der Waals surface area contributed by atoms with E-state index in [1.54, 1.807) is 7.05 Å². The summed E-state index contributed by atoms with van der Waals surface area (Å²) in [5.74, 6) is 1.57. The summed E-state index contributed by atoms with van der Waals surface area (Å²) in [5.41, 5.74) is 0. The molecule has 7 heteroatoms. The molecule has 5 nitrogen and oxygen atoms in total. The summed E-state index contributed by atoms with van der Waals surface area (Å²) in [6.45, 7) is 2.71. The van der Waals surface area contributed by atoms with Crippen LogP contribution in [0.5, 0.6) is 0 Å². The number of nitrogens with one attached hydrogen (secondary N) is 2. The number of anilines is 1. The second-order valence-electron chi connectivity index (χ2n) is 5.74. The predicted octanol–water partition coefficient (Wildman–Crippen LogP) is 2.88. The van der Waals surface area contributed by atoms with Crippen molar-refractivity contribution in [2.45, 2.75) is 37.5 Å². The van der Waals surface area contributed by atoms with E-state index in [2.05, 4.69) is 21.9 Å². The van der Waals surface area contributed by atoms with E-state index in [4.69, 9.17) is 11.6 Å². The van der Waals surface area contributed by atoms with Gasteiger partial charge >= 0.3 is 0 Å². The van der Waals surface area contributed by atoms with Gasteiger partial charge in [0.15, 0.2) is 0 Å². The van der Waals surface area contributed by atoms with Crippen LogP contribution in [0.15, 0.2) is 17.2 Å². The fourth-order valence-corrected chi connectivity index (χ4v) is 4.22. The Morgan fingerprint density at radius 1 is 1.43 bits per heavy atom. The average molecular weight is 332 g/mol. The van der Waals surface area contributed by atoms with Gasteiger partial charge in [-0.15, -0.1) is 0 Å². The molecular weight excluding hydrogens is 310 g/mol. The lowest BCUT2D eigenvalue weighted by atomic mass is 9.83. The van der Waals surface area contributed by atoms with Crippen LogP contribution in [-0.2, 0) is 10.0 Å². The highest BCUT2D eigenvalue weighted by atomic mass is 35.5. The Morgan fingerprint density at radius 3 is 2.81 bits per heavy atom. The molecule has 1 saturated carbocycles. The van der Waals surface area contributed by atoms with Crippen molar-refractivity contribution in [3.63, 3.8) is 0 Å². The van der Waals surface area contributed by atoms with E-state index in [1.807, 2.05) is 0 Å². The summed E-state index contributed by atoms with van der Waals surface area (Å²) in [6.07, 6.45) is 5.92. The molecule has 0 spiro atoms. The molecule has 0 aliphatic heterocycles. The van der Waals surface area contributed by atoms with E-state index in [1.165, 1.54) is 25.1 Å². The van der Waals surface area contributed by atoms with E-state index in [9.17, 15) is 8.42 Å². The van der Waals surface area contributed by atoms with Gasteiger partial charge in [-0.3, -0.25) is 0 Å². The average Bonchev–Trinajstić information content (AvgIpc) is 2.45. The van der Waals surface area contributed by atoms with Gasteiger partial charge in [-0.2, -0.15) is 0 Å². The number of aromatic nitrogens is 1. The lowest BCUT2D eigenvalue weighted by Crippen LogP contribution is -2.31. The first-order valence-corrected chi connectivity index (χ1v) is 9.11. The van der Waals surface area contributed by atoms with Gasteiger partial charge in [-0.1, -0.05) is 31.4 Å². The van der Waals surface area contributed by atoms with Crippen molar-refractivity contribution in [3.05, 3.63) is 17.3 Å². The second-order valence-corrected chi connectivity index (χ2v) is 7.92. The molecular formula is C14H22ClN3O2S. The maximum Gasteiger partial charge on any atom is 0.242 e. The molecule has 1 aliphatic rings. The van der Waals surface area contributed by atoms with E-state index < -0.39 is 10.0 Å². The summed E-state index contributed by atoms with van der Waals surface area (Å²) in [4.78, 5) is 4.11. The zero-order valence-electron chi connectivity index (χ0n) is 12.4. The molecule has 2 unspecified atom stereocenters. The second kappa shape index (κ2) is 6.94. The summed E-state index contributed by atoms with van der Waals surface area (Å²) in [7, 11) is -1.86. The highest BCUT2D eigenvalue weighted by Gasteiger charge is 2.22.